The second-order valence-electron chi connectivity index (χ2n) is 10.6. The lowest BCUT2D eigenvalue weighted by molar-refractivity contribution is 0.331. The predicted octanol–water partition coefficient (Wildman–Crippen LogP) is 12.6. The van der Waals surface area contributed by atoms with Crippen LogP contribution in [0, 0.1) is 0 Å². The summed E-state index contributed by atoms with van der Waals surface area (Å²) >= 11 is 0. The number of unbranched alkanes of at least 4 members (excludes halogenated alkanes) is 6. The van der Waals surface area contributed by atoms with Gasteiger partial charge in [0.05, 0.1) is 0 Å². The summed E-state index contributed by atoms with van der Waals surface area (Å²) in [4.78, 5) is 0. The molecule has 0 radical (unpaired) electrons. The molecule has 1 heteroatoms. The molecule has 0 heterocycles. The Bertz CT molecular complexity index is 1110. The fourth-order valence-electron chi connectivity index (χ4n) is 3.96. The van der Waals surface area contributed by atoms with Crippen molar-refractivity contribution in [3.05, 3.63) is 171 Å². The van der Waals surface area contributed by atoms with Crippen molar-refractivity contribution in [3.8, 4) is 0 Å². The van der Waals surface area contributed by atoms with E-state index in [9.17, 15) is 0 Å². The lowest BCUT2D eigenvalue weighted by Crippen LogP contribution is -2.04. The predicted molar refractivity (Wildman–Crippen MR) is 187 cm³/mol. The van der Waals surface area contributed by atoms with Crippen LogP contribution in [0.5, 0.6) is 0 Å². The van der Waals surface area contributed by atoms with Crippen molar-refractivity contribution in [3.63, 3.8) is 0 Å². The highest BCUT2D eigenvalue weighted by molar-refractivity contribution is 5.65. The molecule has 0 aromatic heterocycles. The Morgan fingerprint density at radius 3 is 0.902 bits per heavy atom. The van der Waals surface area contributed by atoms with E-state index < -0.39 is 0 Å². The van der Waals surface area contributed by atoms with Crippen molar-refractivity contribution >= 4 is 0 Å². The van der Waals surface area contributed by atoms with Gasteiger partial charge in [-0.2, -0.15) is 0 Å². The van der Waals surface area contributed by atoms with Crippen LogP contribution in [-0.4, -0.2) is 0 Å². The Hall–Kier alpha value is -3.84. The van der Waals surface area contributed by atoms with Crippen LogP contribution in [0.1, 0.15) is 78.1 Å². The van der Waals surface area contributed by atoms with E-state index in [4.69, 9.17) is 4.74 Å². The lowest BCUT2D eigenvalue weighted by Gasteiger charge is -2.22. The van der Waals surface area contributed by atoms with Crippen molar-refractivity contribution in [2.45, 2.75) is 78.1 Å². The van der Waals surface area contributed by atoms with E-state index in [0.717, 1.165) is 48.0 Å². The largest absolute Gasteiger partial charge is 0.457 e. The molecule has 0 unspecified atom stereocenters. The highest BCUT2D eigenvalue weighted by Crippen LogP contribution is 2.35. The molecule has 0 spiro atoms. The van der Waals surface area contributed by atoms with E-state index in [-0.39, 0.29) is 11.5 Å². The molecular weight excluding hydrogens is 496 g/mol. The van der Waals surface area contributed by atoms with Crippen LogP contribution in [0.3, 0.4) is 0 Å². The Labute approximate surface area is 252 Å². The molecule has 0 aromatic carbocycles. The second-order valence-corrected chi connectivity index (χ2v) is 10.6. The van der Waals surface area contributed by atoms with Gasteiger partial charge in [-0.05, 0) is 81.4 Å². The quantitative estimate of drug-likeness (QED) is 0.0659. The normalized spacial score (nSPS) is 10.1. The van der Waals surface area contributed by atoms with Gasteiger partial charge in [0.1, 0.15) is 11.5 Å². The zero-order valence-corrected chi connectivity index (χ0v) is 26.4. The zero-order chi connectivity index (χ0) is 31.9. The zero-order valence-electron chi connectivity index (χ0n) is 26.4. The molecule has 0 aromatic rings. The fourth-order valence-corrected chi connectivity index (χ4v) is 3.96. The van der Waals surface area contributed by atoms with Crippen molar-refractivity contribution in [2.24, 2.45) is 0 Å². The minimum absolute atomic E-state index is 0.265. The molecule has 0 saturated heterocycles. The molecule has 0 bridgehead atoms. The van der Waals surface area contributed by atoms with E-state index in [2.05, 4.69) is 106 Å². The summed E-state index contributed by atoms with van der Waals surface area (Å²) in [5.41, 5.74) is 8.01. The standard InChI is InChI=1S/C40H54O/c1-17-19-21-23-25-27(3)29(5)31(7)33(9)35(11)37(13)39(15)41-40(16)38(14)36(12)34(10)32(8)30(6)28(4)26-24-22-20-18-2/h3-26H2,1-2H3. The van der Waals surface area contributed by atoms with Gasteiger partial charge in [-0.15, -0.1) is 0 Å². The van der Waals surface area contributed by atoms with Crippen molar-refractivity contribution < 1.29 is 4.74 Å². The fraction of sp³-hybridized carbons (Fsp3) is 0.300. The number of allylic oxidation sites excluding steroid dienone is 10. The van der Waals surface area contributed by atoms with E-state index in [1.54, 1.807) is 0 Å². The van der Waals surface area contributed by atoms with Gasteiger partial charge in [0, 0.05) is 11.1 Å². The van der Waals surface area contributed by atoms with E-state index in [1.807, 2.05) is 0 Å². The molecule has 0 aliphatic carbocycles. The Kier molecular flexibility index (Phi) is 16.8. The van der Waals surface area contributed by atoms with Gasteiger partial charge < -0.3 is 4.74 Å². The van der Waals surface area contributed by atoms with Crippen LogP contribution in [0.2, 0.25) is 0 Å². The van der Waals surface area contributed by atoms with Gasteiger partial charge in [-0.25, -0.2) is 0 Å². The number of hydrogen-bond donors (Lipinski definition) is 0. The molecule has 0 aliphatic rings. The Balaban J connectivity index is 5.14. The first-order valence-electron chi connectivity index (χ1n) is 14.5. The molecule has 0 atom stereocenters. The monoisotopic (exact) mass is 550 g/mol. The molecule has 0 aliphatic heterocycles. The summed E-state index contributed by atoms with van der Waals surface area (Å²) in [6.07, 6.45) is 11.0. The van der Waals surface area contributed by atoms with Crippen LogP contribution < -0.4 is 0 Å². The minimum atomic E-state index is 0.265. The third-order valence-corrected chi connectivity index (χ3v) is 7.35. The van der Waals surface area contributed by atoms with Crippen LogP contribution in [0.15, 0.2) is 171 Å². The molecule has 41 heavy (non-hydrogen) atoms. The summed E-state index contributed by atoms with van der Waals surface area (Å²) in [6, 6.07) is 0. The Morgan fingerprint density at radius 1 is 0.341 bits per heavy atom. The van der Waals surface area contributed by atoms with E-state index >= 15 is 0 Å². The summed E-state index contributed by atoms with van der Waals surface area (Å²) < 4.78 is 5.91. The first-order chi connectivity index (χ1) is 19.1. The van der Waals surface area contributed by atoms with Crippen molar-refractivity contribution in [1.82, 2.24) is 0 Å². The second kappa shape index (κ2) is 18.5. The van der Waals surface area contributed by atoms with Crippen LogP contribution >= 0.6 is 0 Å². The van der Waals surface area contributed by atoms with Gasteiger partial charge in [-0.1, -0.05) is 144 Å². The molecule has 1 nitrogen and oxygen atoms in total. The van der Waals surface area contributed by atoms with Gasteiger partial charge in [0.15, 0.2) is 0 Å². The average molecular weight is 551 g/mol. The topological polar surface area (TPSA) is 9.23 Å². The maximum atomic E-state index is 5.91. The van der Waals surface area contributed by atoms with E-state index in [0.29, 0.717) is 44.6 Å². The van der Waals surface area contributed by atoms with Gasteiger partial charge in [0.25, 0.3) is 0 Å². The van der Waals surface area contributed by atoms with Crippen LogP contribution in [-0.2, 0) is 4.74 Å². The average Bonchev–Trinajstić information content (AvgIpc) is 2.96. The first-order valence-corrected chi connectivity index (χ1v) is 14.5. The summed E-state index contributed by atoms with van der Waals surface area (Å²) in [7, 11) is 0. The molecule has 0 saturated carbocycles. The number of rotatable bonds is 24. The van der Waals surface area contributed by atoms with Crippen molar-refractivity contribution in [2.75, 3.05) is 0 Å². The van der Waals surface area contributed by atoms with Gasteiger partial charge in [-0.3, -0.25) is 0 Å². The lowest BCUT2D eigenvalue weighted by atomic mass is 9.87. The molecule has 220 valence electrons. The maximum absolute atomic E-state index is 5.91. The van der Waals surface area contributed by atoms with Gasteiger partial charge >= 0.3 is 0 Å². The van der Waals surface area contributed by atoms with E-state index in [1.165, 1.54) is 38.5 Å². The van der Waals surface area contributed by atoms with Crippen LogP contribution in [0.4, 0.5) is 0 Å². The number of hydrogen-bond acceptors (Lipinski definition) is 1. The molecule has 0 fully saturated rings. The van der Waals surface area contributed by atoms with Crippen molar-refractivity contribution in [1.29, 1.82) is 0 Å². The maximum Gasteiger partial charge on any atom is 0.127 e. The van der Waals surface area contributed by atoms with Crippen LogP contribution in [0.25, 0.3) is 0 Å². The van der Waals surface area contributed by atoms with Gasteiger partial charge in [0.2, 0.25) is 0 Å². The first kappa shape index (κ1) is 37.2. The third-order valence-electron chi connectivity index (χ3n) is 7.35. The third kappa shape index (κ3) is 11.7. The summed E-state index contributed by atoms with van der Waals surface area (Å²) in [5.74, 6) is 0.530. The smallest absolute Gasteiger partial charge is 0.127 e. The highest BCUT2D eigenvalue weighted by atomic mass is 16.5. The minimum Gasteiger partial charge on any atom is -0.457 e. The Morgan fingerprint density at radius 2 is 0.610 bits per heavy atom. The molecule has 0 rings (SSSR count). The molecule has 0 N–H and O–H groups in total. The summed E-state index contributed by atoms with van der Waals surface area (Å²) in [6.45, 7) is 62.3. The SMILES string of the molecule is C=C(CCCCCC)C(=C)C(=C)C(=C)C(=C)C(=C)C(=C)OC(=C)C(=C)C(=C)C(=C)C(=C)C(=C)C(=C)CCCCCC. The molecule has 0 amide bonds. The molecular formula is C40H54O. The highest BCUT2D eigenvalue weighted by Gasteiger charge is 2.19. The summed E-state index contributed by atoms with van der Waals surface area (Å²) in [5, 5.41) is 0. The number of ether oxygens (including phenoxy) is 1.